The van der Waals surface area contributed by atoms with Crippen LogP contribution in [-0.2, 0) is 22.2 Å². The Morgan fingerprint density at radius 2 is 1.63 bits per heavy atom. The number of pyridine rings is 1. The minimum absolute atomic E-state index is 0.178. The standard InChI is InChI=1S/C17H12F3N.C11H15NO2.C7H15NO.C2H6/c1-11-5-6-14-9-13(7-8-16(14)21-11)12-3-2-4-15(10-12)17(18,19)20;1-2-10(12-8-13)7-9-3-5-11(14)6-4-9;1-7(9)5-4-6-8(2)3;1-2/h2-10H,1H3;3-6,8,10,14H,2,7H2,1H3,(H,12,13);4-6H2,1-3H3;1-2H3. The molecule has 9 heteroatoms. The van der Waals surface area contributed by atoms with Crippen molar-refractivity contribution in [2.45, 2.75) is 72.5 Å². The third-order valence-electron chi connectivity index (χ3n) is 6.70. The van der Waals surface area contributed by atoms with Crippen molar-refractivity contribution in [1.82, 2.24) is 15.2 Å². The molecule has 6 nitrogen and oxygen atoms in total. The van der Waals surface area contributed by atoms with E-state index in [1.165, 1.54) is 12.1 Å². The third-order valence-corrected chi connectivity index (χ3v) is 6.70. The van der Waals surface area contributed by atoms with E-state index < -0.39 is 11.7 Å². The lowest BCUT2D eigenvalue weighted by Gasteiger charge is -2.13. The Morgan fingerprint density at radius 3 is 2.20 bits per heavy atom. The molecule has 0 saturated heterocycles. The van der Waals surface area contributed by atoms with Crippen LogP contribution in [0.15, 0.2) is 78.9 Å². The molecular formula is C37H48F3N3O3. The van der Waals surface area contributed by atoms with E-state index in [1.54, 1.807) is 31.2 Å². The number of phenols is 1. The lowest BCUT2D eigenvalue weighted by Crippen LogP contribution is -2.28. The molecule has 1 heterocycles. The van der Waals surface area contributed by atoms with E-state index in [2.05, 4.69) is 15.2 Å². The minimum Gasteiger partial charge on any atom is -0.508 e. The first-order valence-corrected chi connectivity index (χ1v) is 15.5. The minimum atomic E-state index is -4.33. The number of hydrogen-bond donors (Lipinski definition) is 2. The fourth-order valence-electron chi connectivity index (χ4n) is 4.26. The van der Waals surface area contributed by atoms with Crippen LogP contribution < -0.4 is 5.32 Å². The number of aromatic hydroxyl groups is 1. The van der Waals surface area contributed by atoms with Crippen molar-refractivity contribution in [3.8, 4) is 16.9 Å². The van der Waals surface area contributed by atoms with Gasteiger partial charge in [0.25, 0.3) is 0 Å². The number of carbonyl (C=O) groups is 2. The lowest BCUT2D eigenvalue weighted by atomic mass is 10.0. The molecule has 250 valence electrons. The van der Waals surface area contributed by atoms with Crippen LogP contribution in [0, 0.1) is 6.92 Å². The maximum Gasteiger partial charge on any atom is 0.416 e. The fraction of sp³-hybridized carbons (Fsp3) is 0.378. The monoisotopic (exact) mass is 639 g/mol. The second-order valence-corrected chi connectivity index (χ2v) is 10.8. The number of aryl methyl sites for hydroxylation is 1. The number of ketones is 1. The van der Waals surface area contributed by atoms with Crippen molar-refractivity contribution in [3.63, 3.8) is 0 Å². The summed E-state index contributed by atoms with van der Waals surface area (Å²) in [6.45, 7) is 10.6. The number of nitrogens with zero attached hydrogens (tertiary/aromatic N) is 2. The van der Waals surface area contributed by atoms with Crippen molar-refractivity contribution in [3.05, 3.63) is 95.7 Å². The van der Waals surface area contributed by atoms with E-state index in [4.69, 9.17) is 5.11 Å². The Hall–Kier alpha value is -4.24. The number of halogens is 3. The molecule has 1 amide bonds. The average Bonchev–Trinajstić information content (AvgIpc) is 3.02. The quantitative estimate of drug-likeness (QED) is 0.170. The smallest absolute Gasteiger partial charge is 0.416 e. The van der Waals surface area contributed by atoms with Gasteiger partial charge in [-0.25, -0.2) is 0 Å². The summed E-state index contributed by atoms with van der Waals surface area (Å²) in [6, 6.07) is 21.9. The number of Topliss-reactive ketones (excluding diaryl/α,β-unsaturated/α-hetero) is 1. The molecule has 4 aromatic rings. The van der Waals surface area contributed by atoms with Gasteiger partial charge in [0.2, 0.25) is 6.41 Å². The van der Waals surface area contributed by atoms with Crippen LogP contribution in [0.4, 0.5) is 13.2 Å². The number of aromatic nitrogens is 1. The summed E-state index contributed by atoms with van der Waals surface area (Å²) in [6.07, 6.45) is -0.185. The molecule has 3 aromatic carbocycles. The highest BCUT2D eigenvalue weighted by Gasteiger charge is 2.30. The van der Waals surface area contributed by atoms with Gasteiger partial charge in [0, 0.05) is 23.5 Å². The highest BCUT2D eigenvalue weighted by atomic mass is 19.4. The first kappa shape index (κ1) is 39.8. The highest BCUT2D eigenvalue weighted by molar-refractivity contribution is 5.84. The predicted molar refractivity (Wildman–Crippen MR) is 182 cm³/mol. The Bertz CT molecular complexity index is 1470. The summed E-state index contributed by atoms with van der Waals surface area (Å²) in [4.78, 5) is 27.1. The maximum atomic E-state index is 12.8. The van der Waals surface area contributed by atoms with Gasteiger partial charge in [-0.05, 0) is 113 Å². The number of phenolic OH excluding ortho intramolecular Hbond substituents is 1. The number of nitrogens with one attached hydrogen (secondary N) is 1. The van der Waals surface area contributed by atoms with Crippen molar-refractivity contribution < 1.29 is 27.9 Å². The van der Waals surface area contributed by atoms with Crippen LogP contribution >= 0.6 is 0 Å². The van der Waals surface area contributed by atoms with Gasteiger partial charge in [0.15, 0.2) is 0 Å². The number of amides is 1. The summed E-state index contributed by atoms with van der Waals surface area (Å²) < 4.78 is 38.3. The van der Waals surface area contributed by atoms with Gasteiger partial charge in [-0.15, -0.1) is 0 Å². The van der Waals surface area contributed by atoms with E-state index in [9.17, 15) is 22.8 Å². The van der Waals surface area contributed by atoms with Crippen LogP contribution in [0.5, 0.6) is 5.75 Å². The summed E-state index contributed by atoms with van der Waals surface area (Å²) in [5.41, 5.74) is 3.53. The molecule has 2 N–H and O–H groups in total. The lowest BCUT2D eigenvalue weighted by molar-refractivity contribution is -0.137. The number of alkyl halides is 3. The van der Waals surface area contributed by atoms with Crippen LogP contribution in [0.1, 0.15) is 63.8 Å². The molecule has 0 radical (unpaired) electrons. The van der Waals surface area contributed by atoms with Crippen LogP contribution in [0.25, 0.3) is 22.0 Å². The van der Waals surface area contributed by atoms with E-state index in [0.29, 0.717) is 5.56 Å². The van der Waals surface area contributed by atoms with Gasteiger partial charge in [0.1, 0.15) is 11.5 Å². The Balaban J connectivity index is 0.000000367. The maximum absolute atomic E-state index is 12.8. The molecule has 0 spiro atoms. The highest BCUT2D eigenvalue weighted by Crippen LogP contribution is 2.32. The summed E-state index contributed by atoms with van der Waals surface area (Å²) in [5.74, 6) is 0.557. The topological polar surface area (TPSA) is 82.5 Å². The molecule has 1 aromatic heterocycles. The average molecular weight is 640 g/mol. The SMILES string of the molecule is CC.CC(=O)CCCN(C)C.CCC(Cc1ccc(O)cc1)NC=O.Cc1ccc2cc(-c3cccc(C(F)(F)F)c3)ccc2n1. The normalized spacial score (nSPS) is 11.2. The van der Waals surface area contributed by atoms with E-state index >= 15 is 0 Å². The van der Waals surface area contributed by atoms with E-state index in [-0.39, 0.29) is 17.6 Å². The van der Waals surface area contributed by atoms with Crippen LogP contribution in [0.3, 0.4) is 0 Å². The van der Waals surface area contributed by atoms with Crippen molar-refractivity contribution in [2.24, 2.45) is 0 Å². The Morgan fingerprint density at radius 1 is 0.978 bits per heavy atom. The van der Waals surface area contributed by atoms with Gasteiger partial charge >= 0.3 is 6.18 Å². The molecule has 4 rings (SSSR count). The van der Waals surface area contributed by atoms with Crippen molar-refractivity contribution >= 4 is 23.1 Å². The van der Waals surface area contributed by atoms with E-state index in [0.717, 1.165) is 72.4 Å². The first-order valence-electron chi connectivity index (χ1n) is 15.5. The van der Waals surface area contributed by atoms with E-state index in [1.807, 2.05) is 78.2 Å². The second kappa shape index (κ2) is 20.7. The third kappa shape index (κ3) is 15.2. The molecule has 0 bridgehead atoms. The van der Waals surface area contributed by atoms with Crippen LogP contribution in [-0.4, -0.2) is 53.9 Å². The van der Waals surface area contributed by atoms with Gasteiger partial charge in [0.05, 0.1) is 11.1 Å². The molecule has 0 fully saturated rings. The number of fused-ring (bicyclic) bond motifs is 1. The number of hydrogen-bond acceptors (Lipinski definition) is 5. The number of carbonyl (C=O) groups excluding carboxylic acids is 2. The van der Waals surface area contributed by atoms with Gasteiger partial charge in [-0.3, -0.25) is 9.78 Å². The van der Waals surface area contributed by atoms with Crippen molar-refractivity contribution in [1.29, 1.82) is 0 Å². The zero-order chi connectivity index (χ0) is 34.7. The summed E-state index contributed by atoms with van der Waals surface area (Å²) >= 11 is 0. The molecule has 46 heavy (non-hydrogen) atoms. The largest absolute Gasteiger partial charge is 0.508 e. The molecule has 0 aliphatic carbocycles. The first-order chi connectivity index (χ1) is 21.8. The molecule has 0 aliphatic heterocycles. The molecule has 0 aliphatic rings. The number of rotatable bonds is 10. The fourth-order valence-corrected chi connectivity index (χ4v) is 4.26. The number of benzene rings is 3. The zero-order valence-electron chi connectivity index (χ0n) is 28.0. The van der Waals surface area contributed by atoms with Gasteiger partial charge in [-0.2, -0.15) is 13.2 Å². The summed E-state index contributed by atoms with van der Waals surface area (Å²) in [5, 5.41) is 12.7. The Kier molecular flexibility index (Phi) is 17.9. The van der Waals surface area contributed by atoms with Gasteiger partial charge < -0.3 is 20.1 Å². The molecule has 0 saturated carbocycles. The molecular weight excluding hydrogens is 591 g/mol. The molecule has 1 atom stereocenters. The van der Waals surface area contributed by atoms with Gasteiger partial charge in [-0.1, -0.05) is 57.2 Å². The Labute approximate surface area is 271 Å². The zero-order valence-corrected chi connectivity index (χ0v) is 28.0. The summed E-state index contributed by atoms with van der Waals surface area (Å²) in [7, 11) is 4.03. The van der Waals surface area contributed by atoms with Crippen molar-refractivity contribution in [2.75, 3.05) is 20.6 Å². The molecule has 1 unspecified atom stereocenters. The van der Waals surface area contributed by atoms with Crippen LogP contribution in [0.2, 0.25) is 0 Å². The predicted octanol–water partition coefficient (Wildman–Crippen LogP) is 8.63. The second-order valence-electron chi connectivity index (χ2n) is 10.8.